The van der Waals surface area contributed by atoms with Gasteiger partial charge in [-0.25, -0.2) is 0 Å². The predicted molar refractivity (Wildman–Crippen MR) is 117 cm³/mol. The lowest BCUT2D eigenvalue weighted by Gasteiger charge is -2.50. The molecule has 30 heavy (non-hydrogen) atoms. The molecular formula is C16H17N4O5PS4. The van der Waals surface area contributed by atoms with Gasteiger partial charge in [-0.1, -0.05) is 29.2 Å². The minimum absolute atomic E-state index is 0.170. The summed E-state index contributed by atoms with van der Waals surface area (Å²) in [6.45, 7) is 1.83. The van der Waals surface area contributed by atoms with Gasteiger partial charge >= 0.3 is 7.60 Å². The number of nitrogens with one attached hydrogen (secondary N) is 1. The number of hydrogen-bond donors (Lipinski definition) is 3. The number of aromatic nitrogens is 2. The highest BCUT2D eigenvalue weighted by atomic mass is 32.2. The van der Waals surface area contributed by atoms with E-state index in [-0.39, 0.29) is 17.8 Å². The number of amides is 2. The minimum atomic E-state index is -4.69. The van der Waals surface area contributed by atoms with Crippen molar-refractivity contribution in [3.63, 3.8) is 0 Å². The first kappa shape index (κ1) is 22.0. The van der Waals surface area contributed by atoms with Crippen LogP contribution in [0.4, 0.5) is 0 Å². The first-order valence-electron chi connectivity index (χ1n) is 8.71. The predicted octanol–water partition coefficient (Wildman–Crippen LogP) is 2.03. The quantitative estimate of drug-likeness (QED) is 0.294. The number of carbonyl (C=O) groups excluding carboxylic acids is 2. The molecule has 0 unspecified atom stereocenters. The van der Waals surface area contributed by atoms with Gasteiger partial charge in [0.15, 0.2) is 4.34 Å². The van der Waals surface area contributed by atoms with E-state index in [0.717, 1.165) is 14.8 Å². The lowest BCUT2D eigenvalue weighted by atomic mass is 10.1. The summed E-state index contributed by atoms with van der Waals surface area (Å²) < 4.78 is 12.9. The molecular weight excluding hydrogens is 487 g/mol. The molecule has 1 fully saturated rings. The van der Waals surface area contributed by atoms with Crippen LogP contribution in [0.1, 0.15) is 9.88 Å². The Morgan fingerprint density at radius 1 is 1.43 bits per heavy atom. The zero-order valence-corrected chi connectivity index (χ0v) is 19.7. The van der Waals surface area contributed by atoms with E-state index in [1.54, 1.807) is 0 Å². The van der Waals surface area contributed by atoms with Crippen LogP contribution in [0.25, 0.3) is 0 Å². The monoisotopic (exact) mass is 504 g/mol. The summed E-state index contributed by atoms with van der Waals surface area (Å²) in [5, 5.41) is 12.8. The van der Waals surface area contributed by atoms with Gasteiger partial charge in [0.1, 0.15) is 21.9 Å². The van der Waals surface area contributed by atoms with Crippen molar-refractivity contribution >= 4 is 65.6 Å². The number of nitrogens with zero attached hydrogens (tertiary/aromatic N) is 3. The van der Waals surface area contributed by atoms with Crippen LogP contribution in [-0.2, 0) is 20.6 Å². The van der Waals surface area contributed by atoms with Gasteiger partial charge in [0, 0.05) is 16.4 Å². The number of β-lactam (4-membered cyclic amide) rings is 1. The molecule has 2 aromatic rings. The normalized spacial score (nSPS) is 21.4. The van der Waals surface area contributed by atoms with Crippen molar-refractivity contribution in [3.8, 4) is 0 Å². The van der Waals surface area contributed by atoms with Gasteiger partial charge in [0.2, 0.25) is 5.91 Å². The highest BCUT2D eigenvalue weighted by Gasteiger charge is 2.55. The third kappa shape index (κ3) is 4.52. The van der Waals surface area contributed by atoms with E-state index in [1.807, 2.05) is 24.4 Å². The maximum Gasteiger partial charge on any atom is 0.372 e. The van der Waals surface area contributed by atoms with E-state index < -0.39 is 24.9 Å². The van der Waals surface area contributed by atoms with Crippen LogP contribution in [0, 0.1) is 6.92 Å². The van der Waals surface area contributed by atoms with Crippen molar-refractivity contribution < 1.29 is 23.9 Å². The molecule has 2 amide bonds. The van der Waals surface area contributed by atoms with Crippen molar-refractivity contribution in [1.82, 2.24) is 20.4 Å². The number of hydrogen-bond acceptors (Lipinski definition) is 9. The number of thiophene rings is 1. The molecule has 2 aromatic heterocycles. The van der Waals surface area contributed by atoms with Crippen molar-refractivity contribution in [2.24, 2.45) is 0 Å². The molecule has 0 bridgehead atoms. The second-order valence-corrected chi connectivity index (χ2v) is 12.6. The first-order valence-corrected chi connectivity index (χ1v) is 14.1. The summed E-state index contributed by atoms with van der Waals surface area (Å²) in [7, 11) is -4.69. The van der Waals surface area contributed by atoms with Gasteiger partial charge in [-0.2, -0.15) is 0 Å². The van der Waals surface area contributed by atoms with E-state index in [0.29, 0.717) is 21.4 Å². The Hall–Kier alpha value is -1.21. The molecule has 2 aliphatic rings. The third-order valence-corrected chi connectivity index (χ3v) is 9.76. The molecule has 4 rings (SSSR count). The smallest absolute Gasteiger partial charge is 0.341 e. The maximum atomic E-state index is 12.7. The van der Waals surface area contributed by atoms with Crippen LogP contribution >= 0.6 is 53.8 Å². The molecule has 2 aliphatic heterocycles. The van der Waals surface area contributed by atoms with Gasteiger partial charge in [0.05, 0.1) is 6.42 Å². The average molecular weight is 505 g/mol. The van der Waals surface area contributed by atoms with E-state index in [4.69, 9.17) is 0 Å². The van der Waals surface area contributed by atoms with Crippen molar-refractivity contribution in [3.05, 3.63) is 38.4 Å². The second kappa shape index (κ2) is 8.73. The van der Waals surface area contributed by atoms with Crippen LogP contribution in [0.15, 0.2) is 32.9 Å². The number of fused-ring (bicyclic) bond motifs is 1. The van der Waals surface area contributed by atoms with Crippen molar-refractivity contribution in [2.45, 2.75) is 29.1 Å². The molecule has 4 heterocycles. The van der Waals surface area contributed by atoms with Gasteiger partial charge in [-0.05, 0) is 23.9 Å². The molecule has 160 valence electrons. The molecule has 0 radical (unpaired) electrons. The van der Waals surface area contributed by atoms with Crippen LogP contribution in [-0.4, -0.2) is 59.6 Å². The summed E-state index contributed by atoms with van der Waals surface area (Å²) in [6.07, 6.45) is 0.170. The Morgan fingerprint density at radius 3 is 2.87 bits per heavy atom. The molecule has 9 nitrogen and oxygen atoms in total. The molecule has 0 aliphatic carbocycles. The maximum absolute atomic E-state index is 12.7. The molecule has 0 aromatic carbocycles. The number of thioether (sulfide) groups is 2. The molecule has 2 atom stereocenters. The van der Waals surface area contributed by atoms with Gasteiger partial charge < -0.3 is 15.1 Å². The van der Waals surface area contributed by atoms with Crippen LogP contribution in [0.5, 0.6) is 0 Å². The molecule has 0 saturated carbocycles. The van der Waals surface area contributed by atoms with Crippen LogP contribution in [0.2, 0.25) is 0 Å². The molecule has 14 heteroatoms. The average Bonchev–Trinajstić information content (AvgIpc) is 3.34. The summed E-state index contributed by atoms with van der Waals surface area (Å²) >= 11 is 5.58. The summed E-state index contributed by atoms with van der Waals surface area (Å²) in [5.74, 6) is -0.129. The molecule has 3 N–H and O–H groups in total. The summed E-state index contributed by atoms with van der Waals surface area (Å²) in [6, 6.07) is 2.90. The van der Waals surface area contributed by atoms with E-state index in [1.165, 1.54) is 46.2 Å². The van der Waals surface area contributed by atoms with E-state index >= 15 is 0 Å². The minimum Gasteiger partial charge on any atom is -0.341 e. The van der Waals surface area contributed by atoms with Gasteiger partial charge in [-0.15, -0.1) is 33.3 Å². The lowest BCUT2D eigenvalue weighted by Crippen LogP contribution is -2.70. The van der Waals surface area contributed by atoms with E-state index in [2.05, 4.69) is 15.5 Å². The standard InChI is InChI=1S/C16H17N4O5PS4/c1-8-18-19-16(30-8)29-7-9-6-28-15-12(13(22)20(15)14(9)26(23,24)25)17-11(21)5-10-3-2-4-27-10/h2-4,12,15H,5-7H2,1H3,(H,17,21)(H2,23,24,25)/t12-,15+/m1/s1. The van der Waals surface area contributed by atoms with Crippen molar-refractivity contribution in [1.29, 1.82) is 0 Å². The summed E-state index contributed by atoms with van der Waals surface area (Å²) in [4.78, 5) is 46.9. The Labute approximate surface area is 188 Å². The Balaban J connectivity index is 1.48. The van der Waals surface area contributed by atoms with Crippen LogP contribution in [0.3, 0.4) is 0 Å². The summed E-state index contributed by atoms with van der Waals surface area (Å²) in [5.41, 5.74) is 0.257. The lowest BCUT2D eigenvalue weighted by molar-refractivity contribution is -0.145. The fourth-order valence-electron chi connectivity index (χ4n) is 3.15. The number of rotatable bonds is 7. The highest BCUT2D eigenvalue weighted by Crippen LogP contribution is 2.56. The second-order valence-electron chi connectivity index (χ2n) is 6.56. The van der Waals surface area contributed by atoms with Crippen LogP contribution < -0.4 is 5.32 Å². The van der Waals surface area contributed by atoms with Crippen molar-refractivity contribution in [2.75, 3.05) is 11.5 Å². The Bertz CT molecular complexity index is 1050. The van der Waals surface area contributed by atoms with E-state index in [9.17, 15) is 23.9 Å². The highest BCUT2D eigenvalue weighted by molar-refractivity contribution is 8.02. The zero-order valence-electron chi connectivity index (χ0n) is 15.5. The Morgan fingerprint density at radius 2 is 2.23 bits per heavy atom. The topological polar surface area (TPSA) is 133 Å². The van der Waals surface area contributed by atoms with Gasteiger partial charge in [-0.3, -0.25) is 19.1 Å². The first-order chi connectivity index (χ1) is 14.2. The number of carbonyl (C=O) groups is 2. The largest absolute Gasteiger partial charge is 0.372 e. The number of aryl methyl sites for hydroxylation is 1. The SMILES string of the molecule is Cc1nnc(SCC2=C(P(=O)(O)O)N3C(=O)[C@@H](NC(=O)Cc4cccs4)[C@@H]3SC2)s1. The molecule has 0 spiro atoms. The molecule has 1 saturated heterocycles. The fourth-order valence-corrected chi connectivity index (χ4v) is 8.52. The third-order valence-electron chi connectivity index (χ3n) is 4.40. The van der Waals surface area contributed by atoms with Gasteiger partial charge in [0.25, 0.3) is 5.91 Å². The Kier molecular flexibility index (Phi) is 6.40. The fraction of sp³-hybridized carbons (Fsp3) is 0.375. The zero-order chi connectivity index (χ0) is 21.5.